The Kier molecular flexibility index (Phi) is 4.76. The summed E-state index contributed by atoms with van der Waals surface area (Å²) in [6.45, 7) is 6.28. The van der Waals surface area contributed by atoms with E-state index in [1.807, 2.05) is 0 Å². The Hall–Kier alpha value is -0.650. The van der Waals surface area contributed by atoms with E-state index in [0.29, 0.717) is 12.5 Å². The van der Waals surface area contributed by atoms with E-state index in [4.69, 9.17) is 5.11 Å². The number of β-amino-alcohol motifs (C(OH)–C–C–N with tert-alkyl or cyclic N) is 1. The van der Waals surface area contributed by atoms with Crippen molar-refractivity contribution in [1.82, 2.24) is 15.1 Å². The summed E-state index contributed by atoms with van der Waals surface area (Å²) in [5.41, 5.74) is 0. The van der Waals surface area contributed by atoms with E-state index in [-0.39, 0.29) is 12.5 Å². The SMILES string of the molecule is O=C1CCC(CN2CCCN(CCO)CC2)N1. The molecule has 0 aromatic rings. The van der Waals surface area contributed by atoms with Gasteiger partial charge in [-0.05, 0) is 25.9 Å². The molecule has 1 amide bonds. The van der Waals surface area contributed by atoms with Crippen LogP contribution in [0.2, 0.25) is 0 Å². The van der Waals surface area contributed by atoms with Crippen LogP contribution in [0.4, 0.5) is 0 Å². The summed E-state index contributed by atoms with van der Waals surface area (Å²) in [5.74, 6) is 0.201. The largest absolute Gasteiger partial charge is 0.395 e. The fraction of sp³-hybridized carbons (Fsp3) is 0.917. The monoisotopic (exact) mass is 241 g/mol. The molecular formula is C12H23N3O2. The number of nitrogens with one attached hydrogen (secondary N) is 1. The van der Waals surface area contributed by atoms with Crippen molar-refractivity contribution >= 4 is 5.91 Å². The van der Waals surface area contributed by atoms with Crippen LogP contribution in [0.5, 0.6) is 0 Å². The van der Waals surface area contributed by atoms with Crippen molar-refractivity contribution < 1.29 is 9.90 Å². The van der Waals surface area contributed by atoms with Gasteiger partial charge in [-0.1, -0.05) is 0 Å². The summed E-state index contributed by atoms with van der Waals surface area (Å²) >= 11 is 0. The predicted octanol–water partition coefficient (Wildman–Crippen LogP) is -0.735. The third-order valence-electron chi connectivity index (χ3n) is 3.66. The second-order valence-corrected chi connectivity index (χ2v) is 5.02. The lowest BCUT2D eigenvalue weighted by molar-refractivity contribution is -0.119. The zero-order chi connectivity index (χ0) is 12.1. The lowest BCUT2D eigenvalue weighted by atomic mass is 10.2. The van der Waals surface area contributed by atoms with E-state index >= 15 is 0 Å². The number of carbonyl (C=O) groups excluding carboxylic acids is 1. The van der Waals surface area contributed by atoms with E-state index in [0.717, 1.165) is 52.1 Å². The van der Waals surface area contributed by atoms with Crippen molar-refractivity contribution in [3.63, 3.8) is 0 Å². The molecule has 2 fully saturated rings. The van der Waals surface area contributed by atoms with E-state index in [2.05, 4.69) is 15.1 Å². The maximum Gasteiger partial charge on any atom is 0.220 e. The summed E-state index contributed by atoms with van der Waals surface area (Å²) in [6.07, 6.45) is 2.82. The molecule has 0 aliphatic carbocycles. The molecule has 2 N–H and O–H groups in total. The molecule has 0 aromatic heterocycles. The number of rotatable bonds is 4. The molecule has 0 radical (unpaired) electrons. The number of carbonyl (C=O) groups is 1. The van der Waals surface area contributed by atoms with Crippen molar-refractivity contribution in [1.29, 1.82) is 0 Å². The smallest absolute Gasteiger partial charge is 0.220 e. The van der Waals surface area contributed by atoms with Crippen molar-refractivity contribution in [3.05, 3.63) is 0 Å². The number of hydrogen-bond donors (Lipinski definition) is 2. The zero-order valence-corrected chi connectivity index (χ0v) is 10.4. The van der Waals surface area contributed by atoms with Gasteiger partial charge in [0.15, 0.2) is 0 Å². The van der Waals surface area contributed by atoms with Crippen LogP contribution in [-0.2, 0) is 4.79 Å². The average molecular weight is 241 g/mol. The van der Waals surface area contributed by atoms with Crippen LogP contribution in [0, 0.1) is 0 Å². The second kappa shape index (κ2) is 6.33. The van der Waals surface area contributed by atoms with Crippen molar-refractivity contribution in [2.24, 2.45) is 0 Å². The van der Waals surface area contributed by atoms with Crippen LogP contribution < -0.4 is 5.32 Å². The molecule has 0 spiro atoms. The van der Waals surface area contributed by atoms with Crippen LogP contribution in [0.3, 0.4) is 0 Å². The maximum absolute atomic E-state index is 11.1. The zero-order valence-electron chi connectivity index (χ0n) is 10.4. The van der Waals surface area contributed by atoms with Gasteiger partial charge in [-0.3, -0.25) is 14.6 Å². The highest BCUT2D eigenvalue weighted by molar-refractivity contribution is 5.78. The number of aliphatic hydroxyl groups excluding tert-OH is 1. The molecule has 1 unspecified atom stereocenters. The Balaban J connectivity index is 1.73. The van der Waals surface area contributed by atoms with E-state index < -0.39 is 0 Å². The number of hydrogen-bond acceptors (Lipinski definition) is 4. The summed E-state index contributed by atoms with van der Waals surface area (Å²) < 4.78 is 0. The summed E-state index contributed by atoms with van der Waals surface area (Å²) in [7, 11) is 0. The number of nitrogens with zero attached hydrogens (tertiary/aromatic N) is 2. The van der Waals surface area contributed by atoms with Gasteiger partial charge in [0, 0.05) is 38.6 Å². The Bertz CT molecular complexity index is 260. The molecule has 2 saturated heterocycles. The first-order chi connectivity index (χ1) is 8.28. The van der Waals surface area contributed by atoms with Gasteiger partial charge in [0.2, 0.25) is 5.91 Å². The summed E-state index contributed by atoms with van der Waals surface area (Å²) in [6, 6.07) is 0.354. The minimum absolute atomic E-state index is 0.201. The fourth-order valence-corrected chi connectivity index (χ4v) is 2.70. The molecular weight excluding hydrogens is 218 g/mol. The normalized spacial score (nSPS) is 28.1. The van der Waals surface area contributed by atoms with E-state index in [1.54, 1.807) is 0 Å². The highest BCUT2D eigenvalue weighted by atomic mass is 16.3. The number of amides is 1. The molecule has 0 saturated carbocycles. The minimum Gasteiger partial charge on any atom is -0.395 e. The van der Waals surface area contributed by atoms with Gasteiger partial charge in [0.25, 0.3) is 0 Å². The molecule has 17 heavy (non-hydrogen) atoms. The lowest BCUT2D eigenvalue weighted by Gasteiger charge is -2.24. The lowest BCUT2D eigenvalue weighted by Crippen LogP contribution is -2.40. The first-order valence-electron chi connectivity index (χ1n) is 6.63. The topological polar surface area (TPSA) is 55.8 Å². The standard InChI is InChI=1S/C12H23N3O2/c16-9-8-14-4-1-5-15(7-6-14)10-11-2-3-12(17)13-11/h11,16H,1-10H2,(H,13,17). The van der Waals surface area contributed by atoms with Gasteiger partial charge < -0.3 is 10.4 Å². The third-order valence-corrected chi connectivity index (χ3v) is 3.66. The molecule has 0 bridgehead atoms. The first-order valence-corrected chi connectivity index (χ1v) is 6.63. The maximum atomic E-state index is 11.1. The Morgan fingerprint density at radius 1 is 1.24 bits per heavy atom. The molecule has 5 nitrogen and oxygen atoms in total. The van der Waals surface area contributed by atoms with Gasteiger partial charge >= 0.3 is 0 Å². The van der Waals surface area contributed by atoms with Crippen LogP contribution >= 0.6 is 0 Å². The van der Waals surface area contributed by atoms with Crippen LogP contribution in [-0.4, -0.2) is 72.7 Å². The van der Waals surface area contributed by atoms with Gasteiger partial charge in [0.1, 0.15) is 0 Å². The highest BCUT2D eigenvalue weighted by Gasteiger charge is 2.24. The fourth-order valence-electron chi connectivity index (χ4n) is 2.70. The Labute approximate surface area is 103 Å². The van der Waals surface area contributed by atoms with Gasteiger partial charge in [-0.25, -0.2) is 0 Å². The molecule has 2 aliphatic rings. The van der Waals surface area contributed by atoms with Crippen LogP contribution in [0.1, 0.15) is 19.3 Å². The Morgan fingerprint density at radius 3 is 2.71 bits per heavy atom. The molecule has 0 aromatic carbocycles. The highest BCUT2D eigenvalue weighted by Crippen LogP contribution is 2.10. The number of aliphatic hydroxyl groups is 1. The van der Waals surface area contributed by atoms with Gasteiger partial charge in [0.05, 0.1) is 6.61 Å². The summed E-state index contributed by atoms with van der Waals surface area (Å²) in [5, 5.41) is 12.0. The quantitative estimate of drug-likeness (QED) is 0.681. The molecule has 2 heterocycles. The van der Waals surface area contributed by atoms with Crippen molar-refractivity contribution in [3.8, 4) is 0 Å². The van der Waals surface area contributed by atoms with E-state index in [9.17, 15) is 4.79 Å². The Morgan fingerprint density at radius 2 is 2.00 bits per heavy atom. The molecule has 98 valence electrons. The van der Waals surface area contributed by atoms with Crippen LogP contribution in [0.25, 0.3) is 0 Å². The third kappa shape index (κ3) is 3.94. The molecule has 2 aliphatic heterocycles. The van der Waals surface area contributed by atoms with Gasteiger partial charge in [-0.15, -0.1) is 0 Å². The van der Waals surface area contributed by atoms with Crippen LogP contribution in [0.15, 0.2) is 0 Å². The first kappa shape index (κ1) is 12.8. The minimum atomic E-state index is 0.201. The van der Waals surface area contributed by atoms with E-state index in [1.165, 1.54) is 0 Å². The second-order valence-electron chi connectivity index (χ2n) is 5.02. The average Bonchev–Trinajstić information content (AvgIpc) is 2.58. The van der Waals surface area contributed by atoms with Crippen molar-refractivity contribution in [2.75, 3.05) is 45.9 Å². The van der Waals surface area contributed by atoms with Gasteiger partial charge in [-0.2, -0.15) is 0 Å². The van der Waals surface area contributed by atoms with Crippen molar-refractivity contribution in [2.45, 2.75) is 25.3 Å². The molecule has 5 heteroatoms. The predicted molar refractivity (Wildman–Crippen MR) is 65.7 cm³/mol. The summed E-state index contributed by atoms with van der Waals surface area (Å²) in [4.78, 5) is 15.9. The molecule has 1 atom stereocenters. The molecule has 2 rings (SSSR count).